The molecule has 0 N–H and O–H groups in total. The number of rotatable bonds is 5. The van der Waals surface area contributed by atoms with Crippen LogP contribution in [0.5, 0.6) is 5.75 Å². The Morgan fingerprint density at radius 3 is 2.66 bits per heavy atom. The van der Waals surface area contributed by atoms with Gasteiger partial charge in [0.2, 0.25) is 0 Å². The Kier molecular flexibility index (Phi) is 6.69. The standard InChI is InChI=1S/C26H28F3N3O3/c1-17-21(5-4-6-23(17)35-3)24(33)32-14-19-13-31(10-9-25(19,15-32)16-34-2)20-8-7-18(12-30)22(11-20)26(27,28)29/h4-8,11,19H,9-10,13-16H2,1-3H3/t19-,25+/m1/s1. The van der Waals surface area contributed by atoms with Gasteiger partial charge in [-0.3, -0.25) is 4.79 Å². The van der Waals surface area contributed by atoms with E-state index in [0.29, 0.717) is 56.2 Å². The van der Waals surface area contributed by atoms with Crippen molar-refractivity contribution in [2.75, 3.05) is 51.9 Å². The zero-order chi connectivity index (χ0) is 25.4. The van der Waals surface area contributed by atoms with Gasteiger partial charge in [-0.1, -0.05) is 6.07 Å². The third kappa shape index (κ3) is 4.55. The van der Waals surface area contributed by atoms with E-state index in [9.17, 15) is 18.0 Å². The zero-order valence-electron chi connectivity index (χ0n) is 20.0. The fourth-order valence-corrected chi connectivity index (χ4v) is 5.49. The minimum absolute atomic E-state index is 0.0241. The van der Waals surface area contributed by atoms with Crippen LogP contribution in [0.4, 0.5) is 18.9 Å². The number of hydrogen-bond donors (Lipinski definition) is 0. The summed E-state index contributed by atoms with van der Waals surface area (Å²) in [7, 11) is 3.20. The molecule has 0 spiro atoms. The smallest absolute Gasteiger partial charge is 0.417 e. The van der Waals surface area contributed by atoms with E-state index in [2.05, 4.69) is 0 Å². The van der Waals surface area contributed by atoms with Gasteiger partial charge in [-0.25, -0.2) is 0 Å². The molecule has 0 radical (unpaired) electrons. The average molecular weight is 488 g/mol. The van der Waals surface area contributed by atoms with Gasteiger partial charge in [0, 0.05) is 61.4 Å². The molecular formula is C26H28F3N3O3. The lowest BCUT2D eigenvalue weighted by Crippen LogP contribution is -2.49. The second-order valence-electron chi connectivity index (χ2n) is 9.35. The number of likely N-dealkylation sites (tertiary alicyclic amines) is 1. The molecule has 2 atom stereocenters. The van der Waals surface area contributed by atoms with Gasteiger partial charge >= 0.3 is 6.18 Å². The first kappa shape index (κ1) is 24.9. The van der Waals surface area contributed by atoms with Crippen LogP contribution in [0.3, 0.4) is 0 Å². The van der Waals surface area contributed by atoms with Gasteiger partial charge in [-0.2, -0.15) is 18.4 Å². The number of carbonyl (C=O) groups excluding carboxylic acids is 1. The molecule has 186 valence electrons. The molecule has 0 unspecified atom stereocenters. The third-order valence-electron chi connectivity index (χ3n) is 7.38. The maximum atomic E-state index is 13.5. The van der Waals surface area contributed by atoms with Crippen molar-refractivity contribution < 1.29 is 27.4 Å². The number of benzene rings is 2. The van der Waals surface area contributed by atoms with Crippen molar-refractivity contribution in [1.29, 1.82) is 5.26 Å². The summed E-state index contributed by atoms with van der Waals surface area (Å²) < 4.78 is 51.4. The number of nitrogens with zero attached hydrogens (tertiary/aromatic N) is 3. The average Bonchev–Trinajstić information content (AvgIpc) is 3.21. The number of anilines is 1. The fraction of sp³-hybridized carbons (Fsp3) is 0.462. The first-order valence-electron chi connectivity index (χ1n) is 11.4. The molecule has 4 rings (SSSR count). The molecule has 2 aromatic carbocycles. The van der Waals surface area contributed by atoms with E-state index >= 15 is 0 Å². The van der Waals surface area contributed by atoms with E-state index in [1.165, 1.54) is 6.07 Å². The van der Waals surface area contributed by atoms with Gasteiger partial charge in [0.15, 0.2) is 0 Å². The van der Waals surface area contributed by atoms with Crippen molar-refractivity contribution in [1.82, 2.24) is 4.90 Å². The van der Waals surface area contributed by atoms with Crippen molar-refractivity contribution in [3.05, 3.63) is 58.7 Å². The van der Waals surface area contributed by atoms with E-state index in [1.807, 2.05) is 22.8 Å². The lowest BCUT2D eigenvalue weighted by Gasteiger charge is -2.44. The quantitative estimate of drug-likeness (QED) is 0.621. The molecule has 0 aromatic heterocycles. The van der Waals surface area contributed by atoms with Gasteiger partial charge in [0.1, 0.15) is 5.75 Å². The second-order valence-corrected chi connectivity index (χ2v) is 9.35. The Morgan fingerprint density at radius 1 is 1.23 bits per heavy atom. The minimum atomic E-state index is -4.61. The molecule has 2 aliphatic heterocycles. The molecule has 35 heavy (non-hydrogen) atoms. The van der Waals surface area contributed by atoms with Gasteiger partial charge in [0.05, 0.1) is 30.9 Å². The van der Waals surface area contributed by atoms with E-state index in [0.717, 1.165) is 11.6 Å². The molecule has 0 aliphatic carbocycles. The number of alkyl halides is 3. The fourth-order valence-electron chi connectivity index (χ4n) is 5.49. The van der Waals surface area contributed by atoms with Crippen LogP contribution in [0.15, 0.2) is 36.4 Å². The van der Waals surface area contributed by atoms with Crippen LogP contribution in [-0.4, -0.2) is 57.8 Å². The third-order valence-corrected chi connectivity index (χ3v) is 7.38. The van der Waals surface area contributed by atoms with Crippen LogP contribution in [0.2, 0.25) is 0 Å². The predicted octanol–water partition coefficient (Wildman–Crippen LogP) is 4.51. The number of fused-ring (bicyclic) bond motifs is 1. The van der Waals surface area contributed by atoms with Gasteiger partial charge in [-0.15, -0.1) is 0 Å². The SMILES string of the molecule is COC[C@@]12CCN(c3ccc(C#N)c(C(F)(F)F)c3)C[C@@H]1CN(C(=O)c1cccc(OC)c1C)C2. The lowest BCUT2D eigenvalue weighted by atomic mass is 9.73. The number of ether oxygens (including phenoxy) is 2. The number of amides is 1. The topological polar surface area (TPSA) is 65.8 Å². The highest BCUT2D eigenvalue weighted by molar-refractivity contribution is 5.96. The summed E-state index contributed by atoms with van der Waals surface area (Å²) in [6.45, 7) is 4.35. The molecule has 2 aromatic rings. The van der Waals surface area contributed by atoms with Crippen LogP contribution in [0.25, 0.3) is 0 Å². The molecule has 2 aliphatic rings. The van der Waals surface area contributed by atoms with Gasteiger partial charge in [0.25, 0.3) is 5.91 Å². The summed E-state index contributed by atoms with van der Waals surface area (Å²) in [5.74, 6) is 0.582. The Labute approximate surface area is 202 Å². The summed E-state index contributed by atoms with van der Waals surface area (Å²) in [5.41, 5.74) is 0.188. The number of piperidine rings is 1. The molecule has 0 saturated carbocycles. The van der Waals surface area contributed by atoms with Crippen molar-refractivity contribution in [2.45, 2.75) is 19.5 Å². The van der Waals surface area contributed by atoms with Crippen LogP contribution < -0.4 is 9.64 Å². The molecule has 6 nitrogen and oxygen atoms in total. The summed E-state index contributed by atoms with van der Waals surface area (Å²) >= 11 is 0. The number of carbonyl (C=O) groups is 1. The predicted molar refractivity (Wildman–Crippen MR) is 124 cm³/mol. The highest BCUT2D eigenvalue weighted by Crippen LogP contribution is 2.45. The summed E-state index contributed by atoms with van der Waals surface area (Å²) in [6, 6.07) is 10.9. The Morgan fingerprint density at radius 2 is 2.00 bits per heavy atom. The Balaban J connectivity index is 1.60. The summed E-state index contributed by atoms with van der Waals surface area (Å²) in [5, 5.41) is 9.10. The van der Waals surface area contributed by atoms with Crippen molar-refractivity contribution >= 4 is 11.6 Å². The van der Waals surface area contributed by atoms with E-state index in [1.54, 1.807) is 38.5 Å². The lowest BCUT2D eigenvalue weighted by molar-refractivity contribution is -0.137. The minimum Gasteiger partial charge on any atom is -0.496 e. The monoisotopic (exact) mass is 487 g/mol. The molecule has 2 heterocycles. The van der Waals surface area contributed by atoms with Crippen molar-refractivity contribution in [3.8, 4) is 11.8 Å². The molecule has 1 amide bonds. The maximum Gasteiger partial charge on any atom is 0.417 e. The zero-order valence-corrected chi connectivity index (χ0v) is 20.0. The number of nitriles is 1. The van der Waals surface area contributed by atoms with Crippen LogP contribution in [0.1, 0.15) is 33.5 Å². The first-order chi connectivity index (χ1) is 16.6. The second kappa shape index (κ2) is 9.42. The van der Waals surface area contributed by atoms with Crippen molar-refractivity contribution in [2.24, 2.45) is 11.3 Å². The highest BCUT2D eigenvalue weighted by Gasteiger charge is 2.51. The van der Waals surface area contributed by atoms with Crippen LogP contribution in [-0.2, 0) is 10.9 Å². The Bertz CT molecular complexity index is 1160. The summed E-state index contributed by atoms with van der Waals surface area (Å²) in [4.78, 5) is 17.2. The highest BCUT2D eigenvalue weighted by atomic mass is 19.4. The number of hydrogen-bond acceptors (Lipinski definition) is 5. The maximum absolute atomic E-state index is 13.5. The van der Waals surface area contributed by atoms with E-state index < -0.39 is 17.3 Å². The molecule has 0 bridgehead atoms. The Hall–Kier alpha value is -3.25. The van der Waals surface area contributed by atoms with Gasteiger partial charge in [-0.05, 0) is 43.7 Å². The number of halogens is 3. The molecule has 2 saturated heterocycles. The molecular weight excluding hydrogens is 459 g/mol. The molecule has 9 heteroatoms. The van der Waals surface area contributed by atoms with E-state index in [4.69, 9.17) is 14.7 Å². The normalized spacial score (nSPS) is 22.0. The molecule has 2 fully saturated rings. The number of methoxy groups -OCH3 is 2. The van der Waals surface area contributed by atoms with E-state index in [-0.39, 0.29) is 17.2 Å². The van der Waals surface area contributed by atoms with Crippen LogP contribution >= 0.6 is 0 Å². The van der Waals surface area contributed by atoms with Crippen molar-refractivity contribution in [3.63, 3.8) is 0 Å². The van der Waals surface area contributed by atoms with Crippen LogP contribution in [0, 0.1) is 29.6 Å². The van der Waals surface area contributed by atoms with Gasteiger partial charge < -0.3 is 19.3 Å². The first-order valence-corrected chi connectivity index (χ1v) is 11.4. The largest absolute Gasteiger partial charge is 0.496 e. The summed E-state index contributed by atoms with van der Waals surface area (Å²) in [6.07, 6.45) is -3.93.